The fourth-order valence-corrected chi connectivity index (χ4v) is 5.92. The highest BCUT2D eigenvalue weighted by atomic mass is 16.2. The summed E-state index contributed by atoms with van der Waals surface area (Å²) in [4.78, 5) is 33.1. The van der Waals surface area contributed by atoms with Crippen LogP contribution in [0.4, 0.5) is 0 Å². The normalized spacial score (nSPS) is 12.0. The summed E-state index contributed by atoms with van der Waals surface area (Å²) >= 11 is 0. The van der Waals surface area contributed by atoms with E-state index >= 15 is 0 Å². The number of tetrazole rings is 1. The molecule has 6 aromatic rings. The predicted octanol–water partition coefficient (Wildman–Crippen LogP) is 5.74. The lowest BCUT2D eigenvalue weighted by atomic mass is 9.92. The summed E-state index contributed by atoms with van der Waals surface area (Å²) in [5, 5.41) is 14.4. The number of nitrogens with one attached hydrogen (secondary N) is 1. The molecule has 0 aliphatic rings. The number of fused-ring (bicyclic) bond motifs is 1. The molecule has 3 aromatic heterocycles. The molecule has 0 aliphatic carbocycles. The van der Waals surface area contributed by atoms with E-state index in [1.807, 2.05) is 60.9 Å². The van der Waals surface area contributed by atoms with E-state index in [9.17, 15) is 9.59 Å². The highest BCUT2D eigenvalue weighted by Crippen LogP contribution is 2.30. The van der Waals surface area contributed by atoms with Gasteiger partial charge in [0.25, 0.3) is 5.56 Å². The Bertz CT molecular complexity index is 2060. The van der Waals surface area contributed by atoms with Crippen molar-refractivity contribution in [1.29, 1.82) is 0 Å². The van der Waals surface area contributed by atoms with Gasteiger partial charge in [0, 0.05) is 31.6 Å². The van der Waals surface area contributed by atoms with E-state index in [2.05, 4.69) is 77.8 Å². The van der Waals surface area contributed by atoms with Crippen molar-refractivity contribution in [2.24, 2.45) is 11.3 Å². The van der Waals surface area contributed by atoms with Crippen molar-refractivity contribution in [3.05, 3.63) is 117 Å². The molecule has 0 fully saturated rings. The predicted molar refractivity (Wildman–Crippen MR) is 181 cm³/mol. The highest BCUT2D eigenvalue weighted by Gasteiger charge is 2.25. The van der Waals surface area contributed by atoms with Crippen LogP contribution in [-0.4, -0.2) is 39.3 Å². The second-order valence-corrected chi connectivity index (χ2v) is 13.5. The fraction of sp³-hybridized carbons (Fsp3) is 0.333. The lowest BCUT2D eigenvalue weighted by Gasteiger charge is -2.19. The summed E-state index contributed by atoms with van der Waals surface area (Å²) in [6.45, 7) is 11.7. The number of rotatable bonds is 10. The van der Waals surface area contributed by atoms with Gasteiger partial charge in [0.05, 0.1) is 0 Å². The van der Waals surface area contributed by atoms with Gasteiger partial charge in [-0.05, 0) is 50.4 Å². The third-order valence-electron chi connectivity index (χ3n) is 8.03. The van der Waals surface area contributed by atoms with Crippen molar-refractivity contribution in [3.8, 4) is 22.5 Å². The Labute approximate surface area is 267 Å². The average molecular weight is 617 g/mol. The zero-order valence-electron chi connectivity index (χ0n) is 27.1. The monoisotopic (exact) mass is 616 g/mol. The maximum Gasteiger partial charge on any atom is 0.332 e. The molecule has 1 N–H and O–H groups in total. The molecule has 10 heteroatoms. The maximum atomic E-state index is 14.2. The van der Waals surface area contributed by atoms with E-state index in [-0.39, 0.29) is 22.6 Å². The number of aromatic nitrogens is 8. The van der Waals surface area contributed by atoms with E-state index in [1.165, 1.54) is 4.57 Å². The van der Waals surface area contributed by atoms with Gasteiger partial charge in [-0.2, -0.15) is 0 Å². The molecule has 0 saturated heterocycles. The van der Waals surface area contributed by atoms with Gasteiger partial charge in [-0.1, -0.05) is 113 Å². The smallest absolute Gasteiger partial charge is 0.318 e. The SMILES string of the molecule is CC(C)Cn1c(=O)c2c(nc(CC(C)(C)C)n2Cc2ccc(-c3ccccc3-c3nnn[nH]3)cc2)n(CCc2ccccc2)c1=O. The molecule has 0 bridgehead atoms. The van der Waals surface area contributed by atoms with Crippen molar-refractivity contribution in [2.75, 3.05) is 0 Å². The number of hydrogen-bond donors (Lipinski definition) is 1. The van der Waals surface area contributed by atoms with E-state index < -0.39 is 0 Å². The van der Waals surface area contributed by atoms with Crippen molar-refractivity contribution >= 4 is 11.2 Å². The Kier molecular flexibility index (Phi) is 8.53. The van der Waals surface area contributed by atoms with Gasteiger partial charge in [0.1, 0.15) is 5.82 Å². The zero-order valence-corrected chi connectivity index (χ0v) is 27.1. The van der Waals surface area contributed by atoms with Crippen LogP contribution in [0.1, 0.15) is 51.6 Å². The fourth-order valence-electron chi connectivity index (χ4n) is 5.92. The van der Waals surface area contributed by atoms with E-state index in [0.29, 0.717) is 49.5 Å². The number of H-pyrrole nitrogens is 1. The lowest BCUT2D eigenvalue weighted by Crippen LogP contribution is -2.42. The van der Waals surface area contributed by atoms with Crippen molar-refractivity contribution in [2.45, 2.75) is 67.1 Å². The second kappa shape index (κ2) is 12.7. The van der Waals surface area contributed by atoms with Crippen LogP contribution in [-0.2, 0) is 32.5 Å². The summed E-state index contributed by atoms with van der Waals surface area (Å²) in [5.41, 5.74) is 5.33. The largest absolute Gasteiger partial charge is 0.332 e. The van der Waals surface area contributed by atoms with Crippen molar-refractivity contribution in [3.63, 3.8) is 0 Å². The van der Waals surface area contributed by atoms with Gasteiger partial charge >= 0.3 is 5.69 Å². The minimum Gasteiger partial charge on any atom is -0.318 e. The number of benzene rings is 3. The third-order valence-corrected chi connectivity index (χ3v) is 8.03. The summed E-state index contributed by atoms with van der Waals surface area (Å²) in [5.74, 6) is 1.52. The van der Waals surface area contributed by atoms with E-state index in [4.69, 9.17) is 4.98 Å². The molecule has 0 atom stereocenters. The number of aryl methyl sites for hydroxylation is 2. The van der Waals surface area contributed by atoms with Crippen LogP contribution >= 0.6 is 0 Å². The molecular formula is C36H40N8O2. The number of nitrogens with zero attached hydrogens (tertiary/aromatic N) is 7. The lowest BCUT2D eigenvalue weighted by molar-refractivity contribution is 0.394. The molecule has 0 unspecified atom stereocenters. The molecular weight excluding hydrogens is 576 g/mol. The quantitative estimate of drug-likeness (QED) is 0.210. The molecule has 236 valence electrons. The molecule has 0 amide bonds. The van der Waals surface area contributed by atoms with Crippen LogP contribution in [0.3, 0.4) is 0 Å². The first-order valence-corrected chi connectivity index (χ1v) is 15.8. The van der Waals surface area contributed by atoms with E-state index in [1.54, 1.807) is 4.57 Å². The molecule has 0 radical (unpaired) electrons. The second-order valence-electron chi connectivity index (χ2n) is 13.5. The van der Waals surface area contributed by atoms with E-state index in [0.717, 1.165) is 33.6 Å². The molecule has 3 heterocycles. The van der Waals surface area contributed by atoms with Crippen LogP contribution in [0.5, 0.6) is 0 Å². The standard InChI is InChI=1S/C36H40N8O2/c1-24(2)22-44-34(45)31-33(42(35(44)46)20-19-25-11-7-6-8-12-25)37-30(21-36(3,4)5)43(31)23-26-15-17-27(18-16-26)28-13-9-10-14-29(28)32-38-40-41-39-32/h6-18,24H,19-23H2,1-5H3,(H,38,39,40,41). The van der Waals surface area contributed by atoms with Gasteiger partial charge < -0.3 is 4.57 Å². The van der Waals surface area contributed by atoms with Gasteiger partial charge in [0.2, 0.25) is 0 Å². The molecule has 6 rings (SSSR count). The van der Waals surface area contributed by atoms with Crippen LogP contribution in [0.25, 0.3) is 33.7 Å². The summed E-state index contributed by atoms with van der Waals surface area (Å²) in [7, 11) is 0. The van der Waals surface area contributed by atoms with Crippen LogP contribution < -0.4 is 11.2 Å². The van der Waals surface area contributed by atoms with Crippen LogP contribution in [0, 0.1) is 11.3 Å². The Morgan fingerprint density at radius 1 is 0.804 bits per heavy atom. The Morgan fingerprint density at radius 3 is 2.15 bits per heavy atom. The van der Waals surface area contributed by atoms with Gasteiger partial charge in [-0.25, -0.2) is 14.9 Å². The molecule has 3 aromatic carbocycles. The molecule has 0 saturated carbocycles. The summed E-state index contributed by atoms with van der Waals surface area (Å²) in [6.07, 6.45) is 1.30. The third kappa shape index (κ3) is 6.47. The van der Waals surface area contributed by atoms with Crippen LogP contribution in [0.2, 0.25) is 0 Å². The minimum atomic E-state index is -0.306. The Balaban J connectivity index is 1.45. The molecule has 46 heavy (non-hydrogen) atoms. The topological polar surface area (TPSA) is 116 Å². The highest BCUT2D eigenvalue weighted by molar-refractivity contribution is 5.80. The van der Waals surface area contributed by atoms with Crippen LogP contribution in [0.15, 0.2) is 88.5 Å². The first-order valence-electron chi connectivity index (χ1n) is 15.8. The minimum absolute atomic E-state index is 0.0889. The average Bonchev–Trinajstić information content (AvgIpc) is 3.68. The van der Waals surface area contributed by atoms with Crippen molar-refractivity contribution < 1.29 is 0 Å². The first-order chi connectivity index (χ1) is 22.1. The first kappa shape index (κ1) is 30.9. The van der Waals surface area contributed by atoms with Crippen molar-refractivity contribution in [1.82, 2.24) is 39.3 Å². The van der Waals surface area contributed by atoms with Gasteiger partial charge in [-0.3, -0.25) is 13.9 Å². The molecule has 10 nitrogen and oxygen atoms in total. The summed E-state index contributed by atoms with van der Waals surface area (Å²) in [6, 6.07) is 26.4. The Morgan fingerprint density at radius 2 is 1.50 bits per heavy atom. The molecule has 0 aliphatic heterocycles. The number of hydrogen-bond acceptors (Lipinski definition) is 6. The van der Waals surface area contributed by atoms with Gasteiger partial charge in [-0.15, -0.1) is 5.10 Å². The maximum absolute atomic E-state index is 14.2. The van der Waals surface area contributed by atoms with Gasteiger partial charge in [0.15, 0.2) is 17.0 Å². The summed E-state index contributed by atoms with van der Waals surface area (Å²) < 4.78 is 5.13. The number of aromatic amines is 1. The molecule has 0 spiro atoms. The number of imidazole rings is 1. The Hall–Kier alpha value is -5.12. The zero-order chi connectivity index (χ0) is 32.4.